The van der Waals surface area contributed by atoms with Crippen LogP contribution in [0.15, 0.2) is 66.7 Å². The molecular formula is C20H13Cl2NOS. The molecule has 25 heavy (non-hydrogen) atoms. The van der Waals surface area contributed by atoms with Crippen molar-refractivity contribution >= 4 is 44.8 Å². The van der Waals surface area contributed by atoms with Crippen LogP contribution >= 0.6 is 34.5 Å². The van der Waals surface area contributed by atoms with Gasteiger partial charge in [0.2, 0.25) is 0 Å². The summed E-state index contributed by atoms with van der Waals surface area (Å²) in [5.74, 6) is 0.753. The molecule has 0 aliphatic rings. The summed E-state index contributed by atoms with van der Waals surface area (Å²) in [6.07, 6.45) is 0. The summed E-state index contributed by atoms with van der Waals surface area (Å²) in [6, 6.07) is 21.3. The fourth-order valence-electron chi connectivity index (χ4n) is 2.57. The van der Waals surface area contributed by atoms with Crippen LogP contribution in [0.2, 0.25) is 10.0 Å². The third kappa shape index (κ3) is 3.64. The van der Waals surface area contributed by atoms with E-state index in [4.69, 9.17) is 32.9 Å². The molecule has 4 aromatic rings. The summed E-state index contributed by atoms with van der Waals surface area (Å²) in [6.45, 7) is 0.431. The number of thiazole rings is 1. The van der Waals surface area contributed by atoms with Gasteiger partial charge >= 0.3 is 0 Å². The van der Waals surface area contributed by atoms with E-state index in [1.54, 1.807) is 11.3 Å². The maximum Gasteiger partial charge on any atom is 0.130 e. The molecular weight excluding hydrogens is 373 g/mol. The maximum absolute atomic E-state index is 6.21. The van der Waals surface area contributed by atoms with Gasteiger partial charge in [0, 0.05) is 10.0 Å². The van der Waals surface area contributed by atoms with Crippen LogP contribution in [0, 0.1) is 0 Å². The second-order valence-corrected chi connectivity index (χ2v) is 7.45. The monoisotopic (exact) mass is 385 g/mol. The van der Waals surface area contributed by atoms with E-state index in [-0.39, 0.29) is 0 Å². The minimum absolute atomic E-state index is 0.431. The smallest absolute Gasteiger partial charge is 0.130 e. The van der Waals surface area contributed by atoms with Crippen molar-refractivity contribution in [2.24, 2.45) is 0 Å². The summed E-state index contributed by atoms with van der Waals surface area (Å²) in [4.78, 5) is 4.71. The number of benzene rings is 3. The maximum atomic E-state index is 6.21. The molecule has 0 amide bonds. The molecule has 0 saturated heterocycles. The number of hydrogen-bond acceptors (Lipinski definition) is 3. The first-order chi connectivity index (χ1) is 12.2. The molecule has 0 bridgehead atoms. The molecule has 0 spiro atoms. The lowest BCUT2D eigenvalue weighted by molar-refractivity contribution is 0.307. The van der Waals surface area contributed by atoms with Crippen molar-refractivity contribution in [3.05, 3.63) is 82.3 Å². The Hall–Kier alpha value is -2.07. The molecule has 0 aliphatic carbocycles. The Morgan fingerprint density at radius 1 is 0.880 bits per heavy atom. The number of rotatable bonds is 4. The highest BCUT2D eigenvalue weighted by Crippen LogP contribution is 2.37. The van der Waals surface area contributed by atoms with Crippen molar-refractivity contribution < 1.29 is 4.74 Å². The van der Waals surface area contributed by atoms with Crippen molar-refractivity contribution in [3.63, 3.8) is 0 Å². The second-order valence-electron chi connectivity index (χ2n) is 5.55. The third-order valence-corrected chi connectivity index (χ3v) is 5.29. The zero-order chi connectivity index (χ0) is 17.2. The van der Waals surface area contributed by atoms with Crippen molar-refractivity contribution in [2.75, 3.05) is 0 Å². The summed E-state index contributed by atoms with van der Waals surface area (Å²) >= 11 is 13.9. The number of para-hydroxylation sites is 1. The first-order valence-electron chi connectivity index (χ1n) is 7.72. The Morgan fingerprint density at radius 3 is 2.56 bits per heavy atom. The van der Waals surface area contributed by atoms with Gasteiger partial charge in [-0.3, -0.25) is 0 Å². The van der Waals surface area contributed by atoms with Gasteiger partial charge in [0.25, 0.3) is 0 Å². The topological polar surface area (TPSA) is 22.1 Å². The third-order valence-electron chi connectivity index (χ3n) is 3.75. The van der Waals surface area contributed by atoms with E-state index in [1.807, 2.05) is 60.7 Å². The van der Waals surface area contributed by atoms with E-state index in [0.29, 0.717) is 16.7 Å². The quantitative estimate of drug-likeness (QED) is 0.383. The number of aromatic nitrogens is 1. The van der Waals surface area contributed by atoms with E-state index < -0.39 is 0 Å². The fourth-order valence-corrected chi connectivity index (χ4v) is 3.94. The highest BCUT2D eigenvalue weighted by atomic mass is 35.5. The fraction of sp³-hybridized carbons (Fsp3) is 0.0500. The zero-order valence-electron chi connectivity index (χ0n) is 13.1. The molecule has 0 saturated carbocycles. The van der Waals surface area contributed by atoms with Crippen LogP contribution < -0.4 is 4.74 Å². The molecule has 0 unspecified atom stereocenters. The van der Waals surface area contributed by atoms with E-state index >= 15 is 0 Å². The Morgan fingerprint density at radius 2 is 1.72 bits per heavy atom. The van der Waals surface area contributed by atoms with Crippen LogP contribution in [-0.2, 0) is 6.61 Å². The average Bonchev–Trinajstić information content (AvgIpc) is 3.05. The normalized spacial score (nSPS) is 11.0. The number of ether oxygens (including phenoxy) is 1. The van der Waals surface area contributed by atoms with Crippen LogP contribution in [0.25, 0.3) is 20.8 Å². The second kappa shape index (κ2) is 7.04. The lowest BCUT2D eigenvalue weighted by Gasteiger charge is -2.11. The van der Waals surface area contributed by atoms with Gasteiger partial charge in [-0.1, -0.05) is 47.5 Å². The van der Waals surface area contributed by atoms with Gasteiger partial charge in [0.15, 0.2) is 0 Å². The van der Waals surface area contributed by atoms with Gasteiger partial charge < -0.3 is 4.74 Å². The number of fused-ring (bicyclic) bond motifs is 1. The molecule has 3 aromatic carbocycles. The van der Waals surface area contributed by atoms with Crippen molar-refractivity contribution in [1.29, 1.82) is 0 Å². The van der Waals surface area contributed by atoms with E-state index in [1.165, 1.54) is 0 Å². The van der Waals surface area contributed by atoms with Gasteiger partial charge in [0.05, 0.1) is 15.8 Å². The molecule has 0 atom stereocenters. The SMILES string of the molecule is Clc1cccc(COc2ccc(Cl)cc2-c2nc3ccccc3s2)c1. The first kappa shape index (κ1) is 16.4. The van der Waals surface area contributed by atoms with Crippen LogP contribution in [0.4, 0.5) is 0 Å². The molecule has 4 rings (SSSR count). The van der Waals surface area contributed by atoms with Crippen LogP contribution in [-0.4, -0.2) is 4.98 Å². The Balaban J connectivity index is 1.68. The minimum atomic E-state index is 0.431. The lowest BCUT2D eigenvalue weighted by Crippen LogP contribution is -1.97. The summed E-state index contributed by atoms with van der Waals surface area (Å²) in [5.41, 5.74) is 2.89. The zero-order valence-corrected chi connectivity index (χ0v) is 15.4. The van der Waals surface area contributed by atoms with Gasteiger partial charge in [-0.25, -0.2) is 4.98 Å². The van der Waals surface area contributed by atoms with Crippen molar-refractivity contribution in [2.45, 2.75) is 6.61 Å². The van der Waals surface area contributed by atoms with Crippen molar-refractivity contribution in [1.82, 2.24) is 4.98 Å². The predicted octanol–water partition coefficient (Wildman–Crippen LogP) is 6.85. The summed E-state index contributed by atoms with van der Waals surface area (Å²) < 4.78 is 7.17. The van der Waals surface area contributed by atoms with E-state index in [0.717, 1.165) is 32.1 Å². The highest BCUT2D eigenvalue weighted by Gasteiger charge is 2.13. The number of nitrogens with zero attached hydrogens (tertiary/aromatic N) is 1. The molecule has 0 fully saturated rings. The van der Waals surface area contributed by atoms with Gasteiger partial charge in [-0.2, -0.15) is 0 Å². The molecule has 0 radical (unpaired) electrons. The molecule has 1 aromatic heterocycles. The largest absolute Gasteiger partial charge is 0.488 e. The van der Waals surface area contributed by atoms with E-state index in [9.17, 15) is 0 Å². The number of hydrogen-bond donors (Lipinski definition) is 0. The Kier molecular flexibility index (Phi) is 4.62. The van der Waals surface area contributed by atoms with Crippen LogP contribution in [0.1, 0.15) is 5.56 Å². The van der Waals surface area contributed by atoms with Crippen molar-refractivity contribution in [3.8, 4) is 16.3 Å². The first-order valence-corrected chi connectivity index (χ1v) is 9.29. The molecule has 1 heterocycles. The predicted molar refractivity (Wildman–Crippen MR) is 106 cm³/mol. The molecule has 2 nitrogen and oxygen atoms in total. The standard InChI is InChI=1S/C20H13Cl2NOS/c21-14-5-3-4-13(10-14)12-24-18-9-8-15(22)11-16(18)20-23-17-6-1-2-7-19(17)25-20/h1-11H,12H2. The minimum Gasteiger partial charge on any atom is -0.488 e. The average molecular weight is 386 g/mol. The van der Waals surface area contributed by atoms with Gasteiger partial charge in [-0.15, -0.1) is 11.3 Å². The number of halogens is 2. The molecule has 124 valence electrons. The van der Waals surface area contributed by atoms with Crippen LogP contribution in [0.5, 0.6) is 5.75 Å². The highest BCUT2D eigenvalue weighted by molar-refractivity contribution is 7.21. The van der Waals surface area contributed by atoms with Gasteiger partial charge in [-0.05, 0) is 48.0 Å². The molecule has 5 heteroatoms. The molecule has 0 N–H and O–H groups in total. The molecule has 0 aliphatic heterocycles. The summed E-state index contributed by atoms with van der Waals surface area (Å²) in [7, 11) is 0. The Bertz CT molecular complexity index is 1010. The lowest BCUT2D eigenvalue weighted by atomic mass is 10.2. The van der Waals surface area contributed by atoms with Crippen LogP contribution in [0.3, 0.4) is 0 Å². The van der Waals surface area contributed by atoms with E-state index in [2.05, 4.69) is 6.07 Å². The summed E-state index contributed by atoms with van der Waals surface area (Å²) in [5, 5.41) is 2.25. The van der Waals surface area contributed by atoms with Gasteiger partial charge in [0.1, 0.15) is 17.4 Å². The Labute approximate surface area is 159 Å².